The molecular weight excluding hydrogens is 192 g/mol. The van der Waals surface area contributed by atoms with Crippen LogP contribution in [0, 0.1) is 0 Å². The summed E-state index contributed by atoms with van der Waals surface area (Å²) in [6.07, 6.45) is 9.71. The van der Waals surface area contributed by atoms with E-state index in [0.29, 0.717) is 13.2 Å². The van der Waals surface area contributed by atoms with Gasteiger partial charge in [-0.1, -0.05) is 25.3 Å². The van der Waals surface area contributed by atoms with Gasteiger partial charge in [0.15, 0.2) is 0 Å². The van der Waals surface area contributed by atoms with Crippen LogP contribution in [0.2, 0.25) is 0 Å². The van der Waals surface area contributed by atoms with Crippen LogP contribution >= 0.6 is 0 Å². The third-order valence-corrected chi connectivity index (χ3v) is 2.07. The lowest BCUT2D eigenvalue weighted by molar-refractivity contribution is -0.137. The molecule has 0 fully saturated rings. The Morgan fingerprint density at radius 3 is 2.53 bits per heavy atom. The third kappa shape index (κ3) is 11.1. The monoisotopic (exact) mass is 214 g/mol. The molecule has 0 radical (unpaired) electrons. The predicted molar refractivity (Wildman–Crippen MR) is 60.6 cm³/mol. The smallest absolute Gasteiger partial charge is 0.330 e. The van der Waals surface area contributed by atoms with E-state index in [0.717, 1.165) is 38.5 Å². The van der Waals surface area contributed by atoms with Gasteiger partial charge < -0.3 is 9.84 Å². The van der Waals surface area contributed by atoms with Crippen molar-refractivity contribution in [1.29, 1.82) is 0 Å². The van der Waals surface area contributed by atoms with Gasteiger partial charge in [-0.25, -0.2) is 4.79 Å². The molecule has 0 saturated carbocycles. The molecule has 0 unspecified atom stereocenters. The van der Waals surface area contributed by atoms with E-state index in [1.807, 2.05) is 6.08 Å². The van der Waals surface area contributed by atoms with Crippen LogP contribution < -0.4 is 0 Å². The lowest BCUT2D eigenvalue weighted by Crippen LogP contribution is -1.98. The Hall–Kier alpha value is -0.830. The zero-order valence-electron chi connectivity index (χ0n) is 9.58. The molecule has 15 heavy (non-hydrogen) atoms. The summed E-state index contributed by atoms with van der Waals surface area (Å²) in [7, 11) is 0. The van der Waals surface area contributed by atoms with Crippen LogP contribution in [0.15, 0.2) is 12.2 Å². The van der Waals surface area contributed by atoms with Crippen LogP contribution in [0.4, 0.5) is 0 Å². The Balaban J connectivity index is 3.19. The van der Waals surface area contributed by atoms with Gasteiger partial charge >= 0.3 is 5.97 Å². The minimum atomic E-state index is -0.252. The summed E-state index contributed by atoms with van der Waals surface area (Å²) in [4.78, 5) is 10.9. The van der Waals surface area contributed by atoms with E-state index in [4.69, 9.17) is 9.84 Å². The summed E-state index contributed by atoms with van der Waals surface area (Å²) in [6.45, 7) is 2.53. The number of hydrogen-bond acceptors (Lipinski definition) is 3. The number of allylic oxidation sites excluding steroid dienone is 1. The fraction of sp³-hybridized carbons (Fsp3) is 0.750. The van der Waals surface area contributed by atoms with Crippen molar-refractivity contribution in [3.8, 4) is 0 Å². The van der Waals surface area contributed by atoms with Crippen molar-refractivity contribution in [2.75, 3.05) is 13.2 Å². The second-order valence-corrected chi connectivity index (χ2v) is 3.43. The van der Waals surface area contributed by atoms with E-state index >= 15 is 0 Å². The maximum Gasteiger partial charge on any atom is 0.330 e. The minimum Gasteiger partial charge on any atom is -0.463 e. The molecule has 0 aliphatic rings. The fourth-order valence-electron chi connectivity index (χ4n) is 1.27. The molecular formula is C12H22O3. The first kappa shape index (κ1) is 14.2. The van der Waals surface area contributed by atoms with E-state index in [1.54, 1.807) is 6.92 Å². The maximum absolute atomic E-state index is 10.9. The van der Waals surface area contributed by atoms with Crippen molar-refractivity contribution in [1.82, 2.24) is 0 Å². The van der Waals surface area contributed by atoms with Crippen LogP contribution in [-0.4, -0.2) is 24.3 Å². The second kappa shape index (κ2) is 11.2. The van der Waals surface area contributed by atoms with Crippen LogP contribution in [0.1, 0.15) is 45.4 Å². The van der Waals surface area contributed by atoms with Crippen molar-refractivity contribution >= 4 is 5.97 Å². The number of carbonyl (C=O) groups excluding carboxylic acids is 1. The first-order valence-corrected chi connectivity index (χ1v) is 5.75. The molecule has 0 bridgehead atoms. The molecule has 0 aliphatic carbocycles. The Bertz CT molecular complexity index is 176. The minimum absolute atomic E-state index is 0.252. The zero-order chi connectivity index (χ0) is 11.4. The third-order valence-electron chi connectivity index (χ3n) is 2.07. The predicted octanol–water partition coefficient (Wildman–Crippen LogP) is 2.44. The van der Waals surface area contributed by atoms with Gasteiger partial charge in [0.2, 0.25) is 0 Å². The summed E-state index contributed by atoms with van der Waals surface area (Å²) < 4.78 is 4.75. The van der Waals surface area contributed by atoms with E-state index in [2.05, 4.69) is 0 Å². The molecule has 0 aromatic carbocycles. The van der Waals surface area contributed by atoms with Crippen molar-refractivity contribution in [2.45, 2.75) is 45.4 Å². The molecule has 0 heterocycles. The van der Waals surface area contributed by atoms with Crippen molar-refractivity contribution in [3.63, 3.8) is 0 Å². The Morgan fingerprint density at radius 1 is 1.20 bits per heavy atom. The number of hydrogen-bond donors (Lipinski definition) is 1. The van der Waals surface area contributed by atoms with Crippen LogP contribution in [0.25, 0.3) is 0 Å². The molecule has 0 aliphatic heterocycles. The number of rotatable bonds is 9. The van der Waals surface area contributed by atoms with E-state index < -0.39 is 0 Å². The molecule has 0 spiro atoms. The van der Waals surface area contributed by atoms with Gasteiger partial charge in [0.05, 0.1) is 6.61 Å². The molecule has 3 nitrogen and oxygen atoms in total. The summed E-state index contributed by atoms with van der Waals surface area (Å²) in [6, 6.07) is 0. The number of ether oxygens (including phenoxy) is 1. The molecule has 1 N–H and O–H groups in total. The molecule has 0 saturated heterocycles. The van der Waals surface area contributed by atoms with Gasteiger partial charge in [0, 0.05) is 12.7 Å². The lowest BCUT2D eigenvalue weighted by atomic mass is 10.1. The first-order chi connectivity index (χ1) is 7.31. The second-order valence-electron chi connectivity index (χ2n) is 3.43. The standard InChI is InChI=1S/C12H22O3/c1-2-15-12(14)10-8-6-4-3-5-7-9-11-13/h8,10,13H,2-7,9,11H2,1H3. The fourth-order valence-corrected chi connectivity index (χ4v) is 1.27. The number of aliphatic hydroxyl groups is 1. The average Bonchev–Trinajstić information content (AvgIpc) is 2.22. The topological polar surface area (TPSA) is 46.5 Å². The number of aliphatic hydroxyl groups excluding tert-OH is 1. The Labute approximate surface area is 92.1 Å². The zero-order valence-corrected chi connectivity index (χ0v) is 9.58. The van der Waals surface area contributed by atoms with E-state index in [1.165, 1.54) is 6.08 Å². The Morgan fingerprint density at radius 2 is 1.87 bits per heavy atom. The van der Waals surface area contributed by atoms with Gasteiger partial charge in [0.25, 0.3) is 0 Å². The SMILES string of the molecule is CCOC(=O)C=CCCCCCCCO. The van der Waals surface area contributed by atoms with Gasteiger partial charge in [-0.05, 0) is 26.2 Å². The summed E-state index contributed by atoms with van der Waals surface area (Å²) in [5.41, 5.74) is 0. The highest BCUT2D eigenvalue weighted by Gasteiger charge is 1.92. The summed E-state index contributed by atoms with van der Waals surface area (Å²) >= 11 is 0. The van der Waals surface area contributed by atoms with E-state index in [-0.39, 0.29) is 5.97 Å². The van der Waals surface area contributed by atoms with Gasteiger partial charge in [-0.15, -0.1) is 0 Å². The van der Waals surface area contributed by atoms with Crippen LogP contribution in [-0.2, 0) is 9.53 Å². The van der Waals surface area contributed by atoms with Crippen molar-refractivity contribution < 1.29 is 14.6 Å². The molecule has 0 rings (SSSR count). The normalized spacial score (nSPS) is 10.8. The number of carbonyl (C=O) groups is 1. The van der Waals surface area contributed by atoms with Gasteiger partial charge in [-0.2, -0.15) is 0 Å². The summed E-state index contributed by atoms with van der Waals surface area (Å²) in [5, 5.41) is 8.56. The van der Waals surface area contributed by atoms with Crippen LogP contribution in [0.5, 0.6) is 0 Å². The van der Waals surface area contributed by atoms with Gasteiger partial charge in [-0.3, -0.25) is 0 Å². The van der Waals surface area contributed by atoms with Crippen molar-refractivity contribution in [2.24, 2.45) is 0 Å². The highest BCUT2D eigenvalue weighted by molar-refractivity contribution is 5.81. The molecule has 0 atom stereocenters. The molecule has 3 heteroatoms. The van der Waals surface area contributed by atoms with Crippen LogP contribution in [0.3, 0.4) is 0 Å². The van der Waals surface area contributed by atoms with E-state index in [9.17, 15) is 4.79 Å². The average molecular weight is 214 g/mol. The lowest BCUT2D eigenvalue weighted by Gasteiger charge is -1.97. The Kier molecular flexibility index (Phi) is 10.6. The molecule has 0 amide bonds. The van der Waals surface area contributed by atoms with Crippen molar-refractivity contribution in [3.05, 3.63) is 12.2 Å². The quantitative estimate of drug-likeness (QED) is 0.364. The molecule has 88 valence electrons. The highest BCUT2D eigenvalue weighted by Crippen LogP contribution is 2.05. The largest absolute Gasteiger partial charge is 0.463 e. The highest BCUT2D eigenvalue weighted by atomic mass is 16.5. The molecule has 0 aromatic heterocycles. The first-order valence-electron chi connectivity index (χ1n) is 5.75. The number of unbranched alkanes of at least 4 members (excludes halogenated alkanes) is 5. The summed E-state index contributed by atoms with van der Waals surface area (Å²) in [5.74, 6) is -0.252. The molecule has 0 aromatic rings. The number of esters is 1. The van der Waals surface area contributed by atoms with Gasteiger partial charge in [0.1, 0.15) is 0 Å². The maximum atomic E-state index is 10.9.